The Morgan fingerprint density at radius 1 is 1.53 bits per heavy atom. The third-order valence-corrected chi connectivity index (χ3v) is 2.73. The molecule has 0 bridgehead atoms. The van der Waals surface area contributed by atoms with Crippen molar-refractivity contribution in [3.05, 3.63) is 16.1 Å². The monoisotopic (exact) mass is 227 g/mol. The van der Waals surface area contributed by atoms with E-state index < -0.39 is 0 Å². The van der Waals surface area contributed by atoms with E-state index in [1.807, 2.05) is 5.38 Å². The van der Waals surface area contributed by atoms with Crippen molar-refractivity contribution in [2.45, 2.75) is 33.6 Å². The molecule has 0 N–H and O–H groups in total. The summed E-state index contributed by atoms with van der Waals surface area (Å²) in [5.41, 5.74) is 1.05. The second-order valence-electron chi connectivity index (χ2n) is 4.72. The van der Waals surface area contributed by atoms with Gasteiger partial charge in [0.1, 0.15) is 0 Å². The first-order valence-corrected chi connectivity index (χ1v) is 5.79. The summed E-state index contributed by atoms with van der Waals surface area (Å²) in [4.78, 5) is 15.4. The Kier molecular flexibility index (Phi) is 3.85. The number of carbonyl (C=O) groups is 1. The van der Waals surface area contributed by atoms with Crippen molar-refractivity contribution in [3.8, 4) is 0 Å². The van der Waals surface area contributed by atoms with Crippen molar-refractivity contribution in [3.63, 3.8) is 0 Å². The maximum atomic E-state index is 11.0. The van der Waals surface area contributed by atoms with Gasteiger partial charge in [0.15, 0.2) is 0 Å². The fraction of sp³-hybridized carbons (Fsp3) is 0.636. The summed E-state index contributed by atoms with van der Waals surface area (Å²) in [6, 6.07) is 0. The molecule has 1 aromatic rings. The molecule has 0 saturated heterocycles. The van der Waals surface area contributed by atoms with Crippen molar-refractivity contribution in [1.29, 1.82) is 0 Å². The molecule has 0 aliphatic rings. The number of hydrogen-bond donors (Lipinski definition) is 0. The van der Waals surface area contributed by atoms with Crippen LogP contribution in [0.15, 0.2) is 5.38 Å². The molecule has 0 amide bonds. The lowest BCUT2D eigenvalue weighted by Crippen LogP contribution is -2.09. The van der Waals surface area contributed by atoms with Gasteiger partial charge in [-0.1, -0.05) is 20.8 Å². The van der Waals surface area contributed by atoms with Gasteiger partial charge in [-0.05, 0) is 5.41 Å². The normalized spacial score (nSPS) is 11.5. The van der Waals surface area contributed by atoms with Gasteiger partial charge in [-0.25, -0.2) is 4.98 Å². The average molecular weight is 227 g/mol. The number of esters is 1. The highest BCUT2D eigenvalue weighted by Crippen LogP contribution is 2.23. The number of methoxy groups -OCH3 is 1. The molecule has 4 heteroatoms. The molecule has 0 spiro atoms. The second-order valence-corrected chi connectivity index (χ2v) is 5.67. The summed E-state index contributed by atoms with van der Waals surface area (Å²) >= 11 is 1.61. The van der Waals surface area contributed by atoms with E-state index in [9.17, 15) is 4.79 Å². The van der Waals surface area contributed by atoms with Gasteiger partial charge >= 0.3 is 5.97 Å². The third-order valence-electron chi connectivity index (χ3n) is 1.83. The predicted octanol–water partition coefficient (Wildman–Crippen LogP) is 2.45. The Bertz CT molecular complexity index is 339. The lowest BCUT2D eigenvalue weighted by atomic mass is 9.93. The molecule has 3 nitrogen and oxygen atoms in total. The molecule has 0 aliphatic carbocycles. The van der Waals surface area contributed by atoms with Crippen LogP contribution in [-0.4, -0.2) is 18.1 Å². The van der Waals surface area contributed by atoms with Gasteiger partial charge in [-0.2, -0.15) is 0 Å². The van der Waals surface area contributed by atoms with Crippen LogP contribution in [0.3, 0.4) is 0 Å². The predicted molar refractivity (Wildman–Crippen MR) is 61.0 cm³/mol. The number of nitrogens with zero attached hydrogens (tertiary/aromatic N) is 1. The SMILES string of the molecule is COC(=O)Cc1csc(CC(C)(C)C)n1. The van der Waals surface area contributed by atoms with E-state index in [0.29, 0.717) is 0 Å². The van der Waals surface area contributed by atoms with E-state index in [2.05, 4.69) is 30.5 Å². The number of ether oxygens (including phenoxy) is 1. The van der Waals surface area contributed by atoms with Crippen LogP contribution in [0.5, 0.6) is 0 Å². The maximum absolute atomic E-state index is 11.0. The van der Waals surface area contributed by atoms with Gasteiger partial charge in [-0.15, -0.1) is 11.3 Å². The Morgan fingerprint density at radius 2 is 2.20 bits per heavy atom. The highest BCUT2D eigenvalue weighted by molar-refractivity contribution is 7.09. The minimum atomic E-state index is -0.234. The van der Waals surface area contributed by atoms with Gasteiger partial charge in [0.2, 0.25) is 0 Å². The number of carbonyl (C=O) groups excluding carboxylic acids is 1. The molecule has 0 aliphatic heterocycles. The zero-order valence-electron chi connectivity index (χ0n) is 9.66. The van der Waals surface area contributed by atoms with E-state index in [4.69, 9.17) is 0 Å². The largest absolute Gasteiger partial charge is 0.469 e. The molecule has 0 saturated carbocycles. The van der Waals surface area contributed by atoms with Crippen LogP contribution in [0.2, 0.25) is 0 Å². The standard InChI is InChI=1S/C11H17NO2S/c1-11(2,3)6-9-12-8(7-15-9)5-10(13)14-4/h7H,5-6H2,1-4H3. The third kappa shape index (κ3) is 4.42. The van der Waals surface area contributed by atoms with Gasteiger partial charge in [0.05, 0.1) is 24.2 Å². The Balaban J connectivity index is 2.60. The quantitative estimate of drug-likeness (QED) is 0.745. The van der Waals surface area contributed by atoms with Crippen LogP contribution in [0.4, 0.5) is 0 Å². The van der Waals surface area contributed by atoms with Crippen LogP contribution in [-0.2, 0) is 22.4 Å². The molecular weight excluding hydrogens is 210 g/mol. The van der Waals surface area contributed by atoms with E-state index in [1.54, 1.807) is 11.3 Å². The van der Waals surface area contributed by atoms with Crippen LogP contribution >= 0.6 is 11.3 Å². The number of thiazole rings is 1. The van der Waals surface area contributed by atoms with Gasteiger partial charge in [-0.3, -0.25) is 4.79 Å². The Morgan fingerprint density at radius 3 is 2.73 bits per heavy atom. The zero-order chi connectivity index (χ0) is 11.5. The molecule has 0 radical (unpaired) electrons. The molecule has 0 unspecified atom stereocenters. The van der Waals surface area contributed by atoms with Crippen LogP contribution < -0.4 is 0 Å². The molecule has 15 heavy (non-hydrogen) atoms. The van der Waals surface area contributed by atoms with Crippen molar-refractivity contribution in [2.24, 2.45) is 5.41 Å². The summed E-state index contributed by atoms with van der Waals surface area (Å²) in [7, 11) is 1.39. The molecular formula is C11H17NO2S. The van der Waals surface area contributed by atoms with Gasteiger partial charge < -0.3 is 4.74 Å². The Labute approximate surface area is 94.5 Å². The smallest absolute Gasteiger partial charge is 0.311 e. The second kappa shape index (κ2) is 4.75. The van der Waals surface area contributed by atoms with E-state index in [1.165, 1.54) is 7.11 Å². The number of aromatic nitrogens is 1. The summed E-state index contributed by atoms with van der Waals surface area (Å²) in [5, 5.41) is 3.01. The van der Waals surface area contributed by atoms with Gasteiger partial charge in [0, 0.05) is 11.8 Å². The average Bonchev–Trinajstić information content (AvgIpc) is 2.49. The summed E-state index contributed by atoms with van der Waals surface area (Å²) in [5.74, 6) is -0.234. The number of rotatable bonds is 3. The summed E-state index contributed by atoms with van der Waals surface area (Å²) < 4.78 is 4.59. The minimum Gasteiger partial charge on any atom is -0.469 e. The summed E-state index contributed by atoms with van der Waals surface area (Å²) in [6.45, 7) is 6.52. The Hall–Kier alpha value is -0.900. The van der Waals surface area contributed by atoms with E-state index in [-0.39, 0.29) is 17.8 Å². The van der Waals surface area contributed by atoms with E-state index in [0.717, 1.165) is 17.1 Å². The molecule has 84 valence electrons. The molecule has 1 aromatic heterocycles. The fourth-order valence-electron chi connectivity index (χ4n) is 1.19. The molecule has 1 heterocycles. The highest BCUT2D eigenvalue weighted by atomic mass is 32.1. The molecule has 0 fully saturated rings. The topological polar surface area (TPSA) is 39.2 Å². The van der Waals surface area contributed by atoms with Crippen LogP contribution in [0.1, 0.15) is 31.5 Å². The zero-order valence-corrected chi connectivity index (χ0v) is 10.5. The maximum Gasteiger partial charge on any atom is 0.311 e. The van der Waals surface area contributed by atoms with Gasteiger partial charge in [0.25, 0.3) is 0 Å². The molecule has 0 atom stereocenters. The van der Waals surface area contributed by atoms with Crippen molar-refractivity contribution in [1.82, 2.24) is 4.98 Å². The number of hydrogen-bond acceptors (Lipinski definition) is 4. The minimum absolute atomic E-state index is 0.234. The van der Waals surface area contributed by atoms with Crippen LogP contribution in [0.25, 0.3) is 0 Å². The lowest BCUT2D eigenvalue weighted by Gasteiger charge is -2.15. The molecule has 0 aromatic carbocycles. The van der Waals surface area contributed by atoms with Crippen molar-refractivity contribution in [2.75, 3.05) is 7.11 Å². The first-order valence-electron chi connectivity index (χ1n) is 4.91. The fourth-order valence-corrected chi connectivity index (χ4v) is 2.28. The summed E-state index contributed by atoms with van der Waals surface area (Å²) in [6.07, 6.45) is 1.22. The van der Waals surface area contributed by atoms with E-state index >= 15 is 0 Å². The lowest BCUT2D eigenvalue weighted by molar-refractivity contribution is -0.139. The first-order chi connectivity index (χ1) is 6.90. The first kappa shape index (κ1) is 12.2. The molecule has 1 rings (SSSR count). The van der Waals surface area contributed by atoms with Crippen molar-refractivity contribution < 1.29 is 9.53 Å². The van der Waals surface area contributed by atoms with Crippen LogP contribution in [0, 0.1) is 5.41 Å². The highest BCUT2D eigenvalue weighted by Gasteiger charge is 2.15. The van der Waals surface area contributed by atoms with Crippen molar-refractivity contribution >= 4 is 17.3 Å².